The van der Waals surface area contributed by atoms with Crippen LogP contribution in [0.5, 0.6) is 0 Å². The van der Waals surface area contributed by atoms with Gasteiger partial charge in [0.15, 0.2) is 0 Å². The van der Waals surface area contributed by atoms with Gasteiger partial charge in [0.2, 0.25) is 0 Å². The SMILES string of the molecule is Cc1nc(N(C)CCOC(C)C)ccc1N. The van der Waals surface area contributed by atoms with Gasteiger partial charge in [-0.2, -0.15) is 0 Å². The summed E-state index contributed by atoms with van der Waals surface area (Å²) in [5.41, 5.74) is 7.32. The van der Waals surface area contributed by atoms with Gasteiger partial charge in [0, 0.05) is 13.6 Å². The first-order valence-corrected chi connectivity index (χ1v) is 5.56. The largest absolute Gasteiger partial charge is 0.397 e. The molecule has 90 valence electrons. The zero-order valence-corrected chi connectivity index (χ0v) is 10.5. The minimum Gasteiger partial charge on any atom is -0.397 e. The summed E-state index contributed by atoms with van der Waals surface area (Å²) in [5, 5.41) is 0. The van der Waals surface area contributed by atoms with E-state index in [1.165, 1.54) is 0 Å². The molecular formula is C12H21N3O. The second-order valence-corrected chi connectivity index (χ2v) is 4.19. The minimum absolute atomic E-state index is 0.273. The molecule has 0 saturated heterocycles. The Morgan fingerprint density at radius 1 is 1.44 bits per heavy atom. The van der Waals surface area contributed by atoms with Crippen LogP contribution in [0.15, 0.2) is 12.1 Å². The summed E-state index contributed by atoms with van der Waals surface area (Å²) in [4.78, 5) is 6.48. The van der Waals surface area contributed by atoms with E-state index in [1.54, 1.807) is 0 Å². The molecule has 0 aromatic carbocycles. The fourth-order valence-corrected chi connectivity index (χ4v) is 1.31. The van der Waals surface area contributed by atoms with E-state index in [-0.39, 0.29) is 6.10 Å². The Hall–Kier alpha value is -1.29. The number of nitrogen functional groups attached to an aromatic ring is 1. The Kier molecular flexibility index (Phi) is 4.55. The zero-order valence-electron chi connectivity index (χ0n) is 10.5. The van der Waals surface area contributed by atoms with Crippen molar-refractivity contribution in [3.8, 4) is 0 Å². The molecule has 0 fully saturated rings. The van der Waals surface area contributed by atoms with Crippen LogP contribution in [0.3, 0.4) is 0 Å². The van der Waals surface area contributed by atoms with Crippen molar-refractivity contribution in [3.05, 3.63) is 17.8 Å². The third-order valence-electron chi connectivity index (χ3n) is 2.38. The van der Waals surface area contributed by atoms with E-state index in [4.69, 9.17) is 10.5 Å². The number of nitrogens with two attached hydrogens (primary N) is 1. The van der Waals surface area contributed by atoms with Crippen LogP contribution in [0.25, 0.3) is 0 Å². The molecule has 1 aromatic rings. The Labute approximate surface area is 97.4 Å². The van der Waals surface area contributed by atoms with Crippen LogP contribution in [-0.4, -0.2) is 31.3 Å². The molecule has 0 radical (unpaired) electrons. The molecule has 4 nitrogen and oxygen atoms in total. The first-order valence-electron chi connectivity index (χ1n) is 5.56. The summed E-state index contributed by atoms with van der Waals surface area (Å²) >= 11 is 0. The Morgan fingerprint density at radius 2 is 2.12 bits per heavy atom. The molecule has 16 heavy (non-hydrogen) atoms. The Bertz CT molecular complexity index is 339. The predicted octanol–water partition coefficient (Wildman–Crippen LogP) is 1.83. The van der Waals surface area contributed by atoms with E-state index in [0.717, 1.165) is 23.7 Å². The molecule has 0 aliphatic heterocycles. The van der Waals surface area contributed by atoms with E-state index >= 15 is 0 Å². The number of nitrogens with zero attached hydrogens (tertiary/aromatic N) is 2. The summed E-state index contributed by atoms with van der Waals surface area (Å²) < 4.78 is 5.49. The van der Waals surface area contributed by atoms with Gasteiger partial charge < -0.3 is 15.4 Å². The second kappa shape index (κ2) is 5.70. The van der Waals surface area contributed by atoms with Gasteiger partial charge in [0.1, 0.15) is 5.82 Å². The molecule has 0 unspecified atom stereocenters. The van der Waals surface area contributed by atoms with Gasteiger partial charge in [-0.1, -0.05) is 0 Å². The van der Waals surface area contributed by atoms with E-state index in [2.05, 4.69) is 9.88 Å². The molecule has 0 amide bonds. The number of ether oxygens (including phenoxy) is 1. The molecule has 0 spiro atoms. The monoisotopic (exact) mass is 223 g/mol. The van der Waals surface area contributed by atoms with Crippen LogP contribution in [-0.2, 0) is 4.74 Å². The lowest BCUT2D eigenvalue weighted by Crippen LogP contribution is -2.24. The normalized spacial score (nSPS) is 10.8. The quantitative estimate of drug-likeness (QED) is 0.827. The van der Waals surface area contributed by atoms with E-state index in [9.17, 15) is 0 Å². The highest BCUT2D eigenvalue weighted by molar-refractivity contribution is 5.49. The lowest BCUT2D eigenvalue weighted by Gasteiger charge is -2.19. The molecule has 0 bridgehead atoms. The van der Waals surface area contributed by atoms with Crippen LogP contribution < -0.4 is 10.6 Å². The van der Waals surface area contributed by atoms with Crippen LogP contribution >= 0.6 is 0 Å². The first kappa shape index (κ1) is 12.8. The maximum Gasteiger partial charge on any atom is 0.128 e. The van der Waals surface area contributed by atoms with Gasteiger partial charge in [0.25, 0.3) is 0 Å². The fourth-order valence-electron chi connectivity index (χ4n) is 1.31. The van der Waals surface area contributed by atoms with E-state index in [0.29, 0.717) is 6.61 Å². The predicted molar refractivity (Wildman–Crippen MR) is 67.7 cm³/mol. The lowest BCUT2D eigenvalue weighted by atomic mass is 10.3. The van der Waals surface area contributed by atoms with Gasteiger partial charge in [-0.15, -0.1) is 0 Å². The number of likely N-dealkylation sites (N-methyl/N-ethyl adjacent to an activating group) is 1. The highest BCUT2D eigenvalue weighted by Crippen LogP contribution is 2.14. The summed E-state index contributed by atoms with van der Waals surface area (Å²) in [6.45, 7) is 7.52. The van der Waals surface area contributed by atoms with Crippen molar-refractivity contribution >= 4 is 11.5 Å². The molecule has 1 aromatic heterocycles. The highest BCUT2D eigenvalue weighted by atomic mass is 16.5. The van der Waals surface area contributed by atoms with Crippen molar-refractivity contribution in [1.82, 2.24) is 4.98 Å². The van der Waals surface area contributed by atoms with Crippen molar-refractivity contribution in [2.24, 2.45) is 0 Å². The molecule has 0 atom stereocenters. The molecule has 0 saturated carbocycles. The molecule has 2 N–H and O–H groups in total. The first-order chi connectivity index (χ1) is 7.50. The van der Waals surface area contributed by atoms with Crippen LogP contribution in [0, 0.1) is 6.92 Å². The topological polar surface area (TPSA) is 51.4 Å². The average Bonchev–Trinajstić information content (AvgIpc) is 2.21. The molecule has 0 aliphatic rings. The molecular weight excluding hydrogens is 202 g/mol. The van der Waals surface area contributed by atoms with Gasteiger partial charge in [0.05, 0.1) is 24.1 Å². The fraction of sp³-hybridized carbons (Fsp3) is 0.583. The van der Waals surface area contributed by atoms with Crippen LogP contribution in [0.4, 0.5) is 11.5 Å². The number of aryl methyl sites for hydroxylation is 1. The number of hydrogen-bond acceptors (Lipinski definition) is 4. The average molecular weight is 223 g/mol. The van der Waals surface area contributed by atoms with Crippen molar-refractivity contribution in [3.63, 3.8) is 0 Å². The number of anilines is 2. The van der Waals surface area contributed by atoms with Gasteiger partial charge in [-0.25, -0.2) is 4.98 Å². The smallest absolute Gasteiger partial charge is 0.128 e. The van der Waals surface area contributed by atoms with Gasteiger partial charge in [-0.05, 0) is 32.9 Å². The van der Waals surface area contributed by atoms with Crippen molar-refractivity contribution in [1.29, 1.82) is 0 Å². The standard InChI is InChI=1S/C12H21N3O/c1-9(2)16-8-7-15(4)12-6-5-11(13)10(3)14-12/h5-6,9H,7-8,13H2,1-4H3. The van der Waals surface area contributed by atoms with Crippen molar-refractivity contribution in [2.45, 2.75) is 26.9 Å². The van der Waals surface area contributed by atoms with Gasteiger partial charge in [-0.3, -0.25) is 0 Å². The molecule has 4 heteroatoms. The number of rotatable bonds is 5. The van der Waals surface area contributed by atoms with E-state index < -0.39 is 0 Å². The number of aromatic nitrogens is 1. The third-order valence-corrected chi connectivity index (χ3v) is 2.38. The number of hydrogen-bond donors (Lipinski definition) is 1. The Balaban J connectivity index is 2.52. The second-order valence-electron chi connectivity index (χ2n) is 4.19. The highest BCUT2D eigenvalue weighted by Gasteiger charge is 2.04. The lowest BCUT2D eigenvalue weighted by molar-refractivity contribution is 0.0845. The summed E-state index contributed by atoms with van der Waals surface area (Å²) in [5.74, 6) is 0.930. The maximum atomic E-state index is 5.72. The molecule has 1 heterocycles. The summed E-state index contributed by atoms with van der Waals surface area (Å²) in [7, 11) is 2.00. The summed E-state index contributed by atoms with van der Waals surface area (Å²) in [6.07, 6.45) is 0.273. The van der Waals surface area contributed by atoms with Gasteiger partial charge >= 0.3 is 0 Å². The third kappa shape index (κ3) is 3.70. The zero-order chi connectivity index (χ0) is 12.1. The van der Waals surface area contributed by atoms with Crippen molar-refractivity contribution in [2.75, 3.05) is 30.8 Å². The number of pyridine rings is 1. The summed E-state index contributed by atoms with van der Waals surface area (Å²) in [6, 6.07) is 3.81. The van der Waals surface area contributed by atoms with Crippen molar-refractivity contribution < 1.29 is 4.74 Å². The molecule has 0 aliphatic carbocycles. The van der Waals surface area contributed by atoms with E-state index in [1.807, 2.05) is 40.0 Å². The molecule has 1 rings (SSSR count). The maximum absolute atomic E-state index is 5.72. The Morgan fingerprint density at radius 3 is 2.69 bits per heavy atom. The minimum atomic E-state index is 0.273. The van der Waals surface area contributed by atoms with Crippen LogP contribution in [0.1, 0.15) is 19.5 Å². The van der Waals surface area contributed by atoms with Crippen LogP contribution in [0.2, 0.25) is 0 Å².